The Morgan fingerprint density at radius 3 is 2.89 bits per heavy atom. The van der Waals surface area contributed by atoms with Gasteiger partial charge in [0.2, 0.25) is 5.91 Å². The molecule has 28 heavy (non-hydrogen) atoms. The van der Waals surface area contributed by atoms with Crippen molar-refractivity contribution in [3.8, 4) is 17.3 Å². The Morgan fingerprint density at radius 2 is 2.14 bits per heavy atom. The van der Waals surface area contributed by atoms with Crippen LogP contribution in [0.1, 0.15) is 24.0 Å². The van der Waals surface area contributed by atoms with Crippen molar-refractivity contribution >= 4 is 23.2 Å². The van der Waals surface area contributed by atoms with Crippen LogP contribution in [0.25, 0.3) is 11.1 Å². The Hall–Kier alpha value is -2.55. The van der Waals surface area contributed by atoms with Gasteiger partial charge in [-0.05, 0) is 73.0 Å². The van der Waals surface area contributed by atoms with Crippen LogP contribution in [0, 0.1) is 17.4 Å². The number of anilines is 1. The van der Waals surface area contributed by atoms with Crippen LogP contribution in [0.3, 0.4) is 0 Å². The van der Waals surface area contributed by atoms with Gasteiger partial charge in [0.05, 0.1) is 19.0 Å². The van der Waals surface area contributed by atoms with Gasteiger partial charge in [-0.1, -0.05) is 23.7 Å². The zero-order valence-corrected chi connectivity index (χ0v) is 16.7. The highest BCUT2D eigenvalue weighted by Crippen LogP contribution is 2.36. The van der Waals surface area contributed by atoms with E-state index in [1.54, 1.807) is 4.90 Å². The van der Waals surface area contributed by atoms with Crippen LogP contribution in [0.2, 0.25) is 5.02 Å². The topological polar surface area (TPSA) is 59.4 Å². The van der Waals surface area contributed by atoms with E-state index >= 15 is 0 Å². The summed E-state index contributed by atoms with van der Waals surface area (Å²) in [5.74, 6) is 0.0795. The lowest BCUT2D eigenvalue weighted by atomic mass is 9.95. The van der Waals surface area contributed by atoms with Gasteiger partial charge in [-0.15, -0.1) is 0 Å². The fourth-order valence-electron chi connectivity index (χ4n) is 4.19. The lowest BCUT2D eigenvalue weighted by Crippen LogP contribution is -2.38. The second-order valence-corrected chi connectivity index (χ2v) is 8.15. The van der Waals surface area contributed by atoms with Crippen molar-refractivity contribution in [2.45, 2.75) is 25.9 Å². The zero-order chi connectivity index (χ0) is 19.7. The molecule has 2 aromatic rings. The maximum Gasteiger partial charge on any atom is 0.228 e. The van der Waals surface area contributed by atoms with Crippen molar-refractivity contribution in [1.82, 2.24) is 9.80 Å². The molecule has 1 N–H and O–H groups in total. The number of halogens is 1. The first-order valence-corrected chi connectivity index (χ1v) is 9.97. The number of nitrogens with zero attached hydrogens (tertiary/aromatic N) is 3. The number of nitriles is 1. The molecule has 1 fully saturated rings. The Bertz CT molecular complexity index is 952. The third-order valence-electron chi connectivity index (χ3n) is 5.59. The smallest absolute Gasteiger partial charge is 0.228 e. The van der Waals surface area contributed by atoms with E-state index < -0.39 is 0 Å². The number of hydrogen-bond donors (Lipinski definition) is 1. The van der Waals surface area contributed by atoms with E-state index in [1.165, 1.54) is 0 Å². The Kier molecular flexibility index (Phi) is 5.25. The third-order valence-corrected chi connectivity index (χ3v) is 5.83. The minimum atomic E-state index is 0.0113. The molecule has 2 aliphatic heterocycles. The monoisotopic (exact) mass is 394 g/mol. The van der Waals surface area contributed by atoms with Crippen molar-refractivity contribution < 1.29 is 4.79 Å². The second kappa shape index (κ2) is 7.83. The van der Waals surface area contributed by atoms with Gasteiger partial charge in [-0.3, -0.25) is 4.79 Å². The van der Waals surface area contributed by atoms with Gasteiger partial charge in [0.15, 0.2) is 6.19 Å². The van der Waals surface area contributed by atoms with Crippen molar-refractivity contribution in [3.05, 3.63) is 52.5 Å². The van der Waals surface area contributed by atoms with Crippen LogP contribution in [-0.4, -0.2) is 35.8 Å². The maximum absolute atomic E-state index is 12.8. The molecule has 6 heteroatoms. The Balaban J connectivity index is 1.66. The minimum absolute atomic E-state index is 0.0113. The molecule has 0 aliphatic carbocycles. The standard InChI is InChI=1S/C22H23ClN4O/c1-26-7-3-5-16(11-26)22(28)25-19-9-17-12-27(14-24)13-21(17)20(10-19)15-4-2-6-18(23)8-15/h2,4,6,8-10,16H,3,5,7,11-13H2,1H3,(H,25,28)/t16-/m1/s1. The molecule has 0 unspecified atom stereocenters. The average Bonchev–Trinajstić information content (AvgIpc) is 3.10. The molecule has 0 bridgehead atoms. The largest absolute Gasteiger partial charge is 0.326 e. The predicted octanol–water partition coefficient (Wildman–Crippen LogP) is 4.08. The number of carbonyl (C=O) groups is 1. The van der Waals surface area contributed by atoms with Gasteiger partial charge >= 0.3 is 0 Å². The van der Waals surface area contributed by atoms with E-state index in [9.17, 15) is 10.1 Å². The molecule has 144 valence electrons. The molecule has 2 aliphatic rings. The second-order valence-electron chi connectivity index (χ2n) is 7.72. The lowest BCUT2D eigenvalue weighted by Gasteiger charge is -2.28. The molecule has 2 heterocycles. The molecule has 4 rings (SSSR count). The first-order valence-electron chi connectivity index (χ1n) is 9.59. The number of piperidine rings is 1. The van der Waals surface area contributed by atoms with Crippen molar-refractivity contribution in [3.63, 3.8) is 0 Å². The van der Waals surface area contributed by atoms with Crippen molar-refractivity contribution in [2.75, 3.05) is 25.5 Å². The van der Waals surface area contributed by atoms with E-state index in [-0.39, 0.29) is 11.8 Å². The van der Waals surface area contributed by atoms with Crippen LogP contribution >= 0.6 is 11.6 Å². The fourth-order valence-corrected chi connectivity index (χ4v) is 4.38. The molecule has 0 spiro atoms. The van der Waals surface area contributed by atoms with Crippen LogP contribution in [0.5, 0.6) is 0 Å². The number of rotatable bonds is 3. The summed E-state index contributed by atoms with van der Waals surface area (Å²) in [6.07, 6.45) is 4.20. The zero-order valence-electron chi connectivity index (χ0n) is 15.9. The number of amides is 1. The van der Waals surface area contributed by atoms with E-state index in [0.717, 1.165) is 53.9 Å². The van der Waals surface area contributed by atoms with Crippen molar-refractivity contribution in [1.29, 1.82) is 5.26 Å². The van der Waals surface area contributed by atoms with Gasteiger partial charge < -0.3 is 15.1 Å². The van der Waals surface area contributed by atoms with E-state index in [0.29, 0.717) is 18.1 Å². The summed E-state index contributed by atoms with van der Waals surface area (Å²) in [4.78, 5) is 16.7. The summed E-state index contributed by atoms with van der Waals surface area (Å²) in [6, 6.07) is 11.7. The van der Waals surface area contributed by atoms with Crippen LogP contribution < -0.4 is 5.32 Å². The van der Waals surface area contributed by atoms with Gasteiger partial charge in [0.25, 0.3) is 0 Å². The molecule has 5 nitrogen and oxygen atoms in total. The van der Waals surface area contributed by atoms with E-state index in [2.05, 4.69) is 23.5 Å². The predicted molar refractivity (Wildman–Crippen MR) is 111 cm³/mol. The van der Waals surface area contributed by atoms with E-state index in [1.807, 2.05) is 36.4 Å². The Morgan fingerprint density at radius 1 is 1.29 bits per heavy atom. The maximum atomic E-state index is 12.8. The molecular weight excluding hydrogens is 372 g/mol. The molecule has 0 aromatic heterocycles. The summed E-state index contributed by atoms with van der Waals surface area (Å²) in [5, 5.41) is 13.1. The summed E-state index contributed by atoms with van der Waals surface area (Å²) < 4.78 is 0. The van der Waals surface area contributed by atoms with Gasteiger partial charge in [0.1, 0.15) is 0 Å². The number of carbonyl (C=O) groups excluding carboxylic acids is 1. The van der Waals surface area contributed by atoms with Gasteiger partial charge in [-0.2, -0.15) is 5.26 Å². The third kappa shape index (κ3) is 3.84. The van der Waals surface area contributed by atoms with E-state index in [4.69, 9.17) is 11.6 Å². The summed E-state index contributed by atoms with van der Waals surface area (Å²) in [5.41, 5.74) is 5.01. The Labute approximate surface area is 170 Å². The van der Waals surface area contributed by atoms with Gasteiger partial charge in [0, 0.05) is 17.3 Å². The highest BCUT2D eigenvalue weighted by atomic mass is 35.5. The first-order chi connectivity index (χ1) is 13.5. The minimum Gasteiger partial charge on any atom is -0.326 e. The number of nitrogens with one attached hydrogen (secondary N) is 1. The molecule has 1 amide bonds. The molecular formula is C22H23ClN4O. The fraction of sp³-hybridized carbons (Fsp3) is 0.364. The SMILES string of the molecule is CN1CCC[C@@H](C(=O)Nc2cc3c(c(-c4cccc(Cl)c4)c2)CN(C#N)C3)C1. The van der Waals surface area contributed by atoms with Crippen LogP contribution in [-0.2, 0) is 17.9 Å². The highest BCUT2D eigenvalue weighted by Gasteiger charge is 2.26. The number of likely N-dealkylation sites (tertiary alicyclic amines) is 1. The molecule has 1 atom stereocenters. The van der Waals surface area contributed by atoms with Crippen molar-refractivity contribution in [2.24, 2.45) is 5.92 Å². The summed E-state index contributed by atoms with van der Waals surface area (Å²) in [6.45, 7) is 2.98. The molecule has 2 aromatic carbocycles. The normalized spacial score (nSPS) is 19.2. The molecule has 1 saturated heterocycles. The average molecular weight is 395 g/mol. The lowest BCUT2D eigenvalue weighted by molar-refractivity contribution is -0.121. The number of benzene rings is 2. The van der Waals surface area contributed by atoms with Gasteiger partial charge in [-0.25, -0.2) is 0 Å². The molecule has 0 radical (unpaired) electrons. The van der Waals surface area contributed by atoms with Crippen LogP contribution in [0.4, 0.5) is 5.69 Å². The number of fused-ring (bicyclic) bond motifs is 1. The molecule has 0 saturated carbocycles. The summed E-state index contributed by atoms with van der Waals surface area (Å²) >= 11 is 6.20. The summed E-state index contributed by atoms with van der Waals surface area (Å²) in [7, 11) is 2.06. The highest BCUT2D eigenvalue weighted by molar-refractivity contribution is 6.30. The number of hydrogen-bond acceptors (Lipinski definition) is 4. The van der Waals surface area contributed by atoms with Crippen LogP contribution in [0.15, 0.2) is 36.4 Å². The first kappa shape index (κ1) is 18.8. The quantitative estimate of drug-likeness (QED) is 0.797.